The van der Waals surface area contributed by atoms with Crippen molar-refractivity contribution < 1.29 is 24.3 Å². The highest BCUT2D eigenvalue weighted by molar-refractivity contribution is 6.01. The van der Waals surface area contributed by atoms with Gasteiger partial charge in [-0.2, -0.15) is 0 Å². The highest BCUT2D eigenvalue weighted by atomic mass is 16.4. The molecule has 0 saturated carbocycles. The van der Waals surface area contributed by atoms with Crippen molar-refractivity contribution in [1.29, 1.82) is 0 Å². The molecule has 4 amide bonds. The lowest BCUT2D eigenvalue weighted by atomic mass is 10.0. The standard InChI is InChI=1S/C19H26N4O5/c1-11(2)10-14(16(20)24)21-17(25)15-8-5-9-23(15)19(28)22-13-7-4-3-6-12(13)18(26)27/h3-4,6-7,11,14-15H,5,8-10H2,1-2H3,(H2,20,24)(H,21,25)(H,22,28)(H,26,27)/t14-,15-/m0/s1. The lowest BCUT2D eigenvalue weighted by molar-refractivity contribution is -0.129. The molecule has 28 heavy (non-hydrogen) atoms. The van der Waals surface area contributed by atoms with Crippen molar-refractivity contribution in [2.24, 2.45) is 11.7 Å². The van der Waals surface area contributed by atoms with Crippen LogP contribution < -0.4 is 16.4 Å². The van der Waals surface area contributed by atoms with Gasteiger partial charge in [0.05, 0.1) is 11.3 Å². The van der Waals surface area contributed by atoms with Crippen molar-refractivity contribution >= 4 is 29.5 Å². The van der Waals surface area contributed by atoms with Gasteiger partial charge in [-0.1, -0.05) is 26.0 Å². The second-order valence-electron chi connectivity index (χ2n) is 7.23. The Bertz CT molecular complexity index is 764. The van der Waals surface area contributed by atoms with Crippen LogP contribution in [-0.2, 0) is 9.59 Å². The minimum Gasteiger partial charge on any atom is -0.478 e. The van der Waals surface area contributed by atoms with Crippen molar-refractivity contribution in [3.05, 3.63) is 29.8 Å². The van der Waals surface area contributed by atoms with Gasteiger partial charge in [0.1, 0.15) is 12.1 Å². The molecule has 0 aromatic heterocycles. The lowest BCUT2D eigenvalue weighted by Crippen LogP contribution is -2.53. The molecule has 9 heteroatoms. The SMILES string of the molecule is CC(C)C[C@H](NC(=O)[C@@H]1CCCN1C(=O)Nc1ccccc1C(=O)O)C(N)=O. The summed E-state index contributed by atoms with van der Waals surface area (Å²) in [7, 11) is 0. The summed E-state index contributed by atoms with van der Waals surface area (Å²) in [5, 5.41) is 14.4. The third kappa shape index (κ3) is 5.21. The quantitative estimate of drug-likeness (QED) is 0.557. The zero-order valence-corrected chi connectivity index (χ0v) is 16.0. The van der Waals surface area contributed by atoms with Crippen LogP contribution in [0.25, 0.3) is 0 Å². The lowest BCUT2D eigenvalue weighted by Gasteiger charge is -2.26. The van der Waals surface area contributed by atoms with E-state index in [0.717, 1.165) is 0 Å². The van der Waals surface area contributed by atoms with Gasteiger partial charge in [-0.3, -0.25) is 9.59 Å². The molecule has 152 valence electrons. The molecule has 2 rings (SSSR count). The summed E-state index contributed by atoms with van der Waals surface area (Å²) in [6, 6.07) is 3.93. The largest absolute Gasteiger partial charge is 0.478 e. The molecule has 0 bridgehead atoms. The van der Waals surface area contributed by atoms with Crippen molar-refractivity contribution in [2.45, 2.75) is 45.2 Å². The Labute approximate surface area is 163 Å². The number of hydrogen-bond donors (Lipinski definition) is 4. The first-order valence-electron chi connectivity index (χ1n) is 9.20. The van der Waals surface area contributed by atoms with E-state index in [9.17, 15) is 24.3 Å². The molecule has 1 fully saturated rings. The van der Waals surface area contributed by atoms with Crippen LogP contribution in [0.15, 0.2) is 24.3 Å². The summed E-state index contributed by atoms with van der Waals surface area (Å²) in [6.07, 6.45) is 1.48. The van der Waals surface area contributed by atoms with Crippen LogP contribution in [-0.4, -0.2) is 52.4 Å². The minimum atomic E-state index is -1.16. The first-order valence-corrected chi connectivity index (χ1v) is 9.20. The van der Waals surface area contributed by atoms with Crippen LogP contribution in [0.5, 0.6) is 0 Å². The number of carbonyl (C=O) groups is 4. The maximum atomic E-state index is 12.7. The zero-order chi connectivity index (χ0) is 20.8. The number of nitrogens with two attached hydrogens (primary N) is 1. The van der Waals surface area contributed by atoms with Crippen LogP contribution in [0.4, 0.5) is 10.5 Å². The Balaban J connectivity index is 2.09. The number of aromatic carboxylic acids is 1. The fraction of sp³-hybridized carbons (Fsp3) is 0.474. The van der Waals surface area contributed by atoms with Crippen molar-refractivity contribution in [2.75, 3.05) is 11.9 Å². The van der Waals surface area contributed by atoms with Gasteiger partial charge in [-0.05, 0) is 37.3 Å². The summed E-state index contributed by atoms with van der Waals surface area (Å²) in [5.41, 5.74) is 5.48. The summed E-state index contributed by atoms with van der Waals surface area (Å²) in [5.74, 6) is -2.06. The number of carbonyl (C=O) groups excluding carboxylic acids is 3. The van der Waals surface area contributed by atoms with Gasteiger partial charge in [0.15, 0.2) is 0 Å². The molecule has 2 atom stereocenters. The molecule has 0 radical (unpaired) electrons. The number of carboxylic acid groups (broad SMARTS) is 1. The van der Waals surface area contributed by atoms with Gasteiger partial charge in [0.2, 0.25) is 11.8 Å². The van der Waals surface area contributed by atoms with Crippen molar-refractivity contribution in [1.82, 2.24) is 10.2 Å². The molecule has 0 unspecified atom stereocenters. The van der Waals surface area contributed by atoms with Gasteiger partial charge in [0.25, 0.3) is 0 Å². The third-order valence-corrected chi connectivity index (χ3v) is 4.58. The van der Waals surface area contributed by atoms with E-state index >= 15 is 0 Å². The predicted molar refractivity (Wildman–Crippen MR) is 103 cm³/mol. The third-order valence-electron chi connectivity index (χ3n) is 4.58. The predicted octanol–water partition coefficient (Wildman–Crippen LogP) is 1.40. The zero-order valence-electron chi connectivity index (χ0n) is 16.0. The fourth-order valence-corrected chi connectivity index (χ4v) is 3.23. The smallest absolute Gasteiger partial charge is 0.337 e. The first kappa shape index (κ1) is 21.2. The molecular formula is C19H26N4O5. The molecule has 1 heterocycles. The summed E-state index contributed by atoms with van der Waals surface area (Å²) < 4.78 is 0. The van der Waals surface area contributed by atoms with Gasteiger partial charge >= 0.3 is 12.0 Å². The number of urea groups is 1. The Morgan fingerprint density at radius 2 is 1.93 bits per heavy atom. The summed E-state index contributed by atoms with van der Waals surface area (Å²) in [4.78, 5) is 49.5. The molecule has 0 spiro atoms. The van der Waals surface area contributed by atoms with Gasteiger partial charge in [0, 0.05) is 6.54 Å². The Hall–Kier alpha value is -3.10. The maximum absolute atomic E-state index is 12.7. The highest BCUT2D eigenvalue weighted by Crippen LogP contribution is 2.21. The second-order valence-corrected chi connectivity index (χ2v) is 7.23. The Kier molecular flexibility index (Phi) is 6.97. The number of primary amides is 1. The minimum absolute atomic E-state index is 0.0400. The number of nitrogens with one attached hydrogen (secondary N) is 2. The van der Waals surface area contributed by atoms with E-state index < -0.39 is 35.9 Å². The Morgan fingerprint density at radius 1 is 1.25 bits per heavy atom. The number of para-hydroxylation sites is 1. The van der Waals surface area contributed by atoms with Crippen molar-refractivity contribution in [3.63, 3.8) is 0 Å². The number of benzene rings is 1. The van der Waals surface area contributed by atoms with E-state index in [1.807, 2.05) is 13.8 Å². The topological polar surface area (TPSA) is 142 Å². The number of nitrogens with zero attached hydrogens (tertiary/aromatic N) is 1. The molecule has 1 aromatic carbocycles. The maximum Gasteiger partial charge on any atom is 0.337 e. The summed E-state index contributed by atoms with van der Waals surface area (Å²) in [6.45, 7) is 4.18. The monoisotopic (exact) mass is 390 g/mol. The van der Waals surface area contributed by atoms with E-state index in [4.69, 9.17) is 5.73 Å². The molecular weight excluding hydrogens is 364 g/mol. The number of amides is 4. The van der Waals surface area contributed by atoms with E-state index in [-0.39, 0.29) is 17.2 Å². The van der Waals surface area contributed by atoms with Gasteiger partial charge in [-0.25, -0.2) is 9.59 Å². The summed E-state index contributed by atoms with van der Waals surface area (Å²) >= 11 is 0. The number of carboxylic acids is 1. The molecule has 5 N–H and O–H groups in total. The highest BCUT2D eigenvalue weighted by Gasteiger charge is 2.36. The average Bonchev–Trinajstić information content (AvgIpc) is 3.11. The molecule has 1 aliphatic rings. The number of rotatable bonds is 7. The van der Waals surface area contributed by atoms with Crippen LogP contribution >= 0.6 is 0 Å². The van der Waals surface area contributed by atoms with Crippen LogP contribution in [0, 0.1) is 5.92 Å². The van der Waals surface area contributed by atoms with Crippen LogP contribution in [0.3, 0.4) is 0 Å². The van der Waals surface area contributed by atoms with E-state index in [1.54, 1.807) is 12.1 Å². The normalized spacial score (nSPS) is 17.2. The first-order chi connectivity index (χ1) is 13.2. The van der Waals surface area contributed by atoms with Gasteiger partial charge in [-0.15, -0.1) is 0 Å². The van der Waals surface area contributed by atoms with Crippen LogP contribution in [0.1, 0.15) is 43.5 Å². The number of anilines is 1. The van der Waals surface area contributed by atoms with Crippen LogP contribution in [0.2, 0.25) is 0 Å². The number of likely N-dealkylation sites (tertiary alicyclic amines) is 1. The molecule has 1 aliphatic heterocycles. The molecule has 1 saturated heterocycles. The van der Waals surface area contributed by atoms with E-state index in [1.165, 1.54) is 17.0 Å². The van der Waals surface area contributed by atoms with Gasteiger partial charge < -0.3 is 26.4 Å². The molecule has 0 aliphatic carbocycles. The second kappa shape index (κ2) is 9.20. The van der Waals surface area contributed by atoms with Crippen molar-refractivity contribution in [3.8, 4) is 0 Å². The van der Waals surface area contributed by atoms with E-state index in [2.05, 4.69) is 10.6 Å². The van der Waals surface area contributed by atoms with E-state index in [0.29, 0.717) is 25.8 Å². The molecule has 9 nitrogen and oxygen atoms in total. The Morgan fingerprint density at radius 3 is 2.54 bits per heavy atom. The molecule has 1 aromatic rings. The number of hydrogen-bond acceptors (Lipinski definition) is 4. The average molecular weight is 390 g/mol. The fourth-order valence-electron chi connectivity index (χ4n) is 3.23.